The molecule has 0 unspecified atom stereocenters. The van der Waals surface area contributed by atoms with Crippen LogP contribution in [0.1, 0.15) is 5.56 Å². The second kappa shape index (κ2) is 7.72. The number of hydrogen-bond donors (Lipinski definition) is 3. The maximum atomic E-state index is 13.8. The van der Waals surface area contributed by atoms with E-state index in [1.807, 2.05) is 36.4 Å². The first kappa shape index (κ1) is 16.9. The van der Waals surface area contributed by atoms with Crippen LogP contribution in [0.25, 0.3) is 11.3 Å². The average molecular weight is 338 g/mol. The SMILES string of the molecule is Cc1c(F)cccc1Nc1cc(-c2ccccc2)nc(NCCO)n1. The number of anilines is 3. The highest BCUT2D eigenvalue weighted by Gasteiger charge is 2.09. The predicted molar refractivity (Wildman–Crippen MR) is 97.5 cm³/mol. The third-order valence-electron chi connectivity index (χ3n) is 3.72. The number of aromatic nitrogens is 2. The first-order valence-electron chi connectivity index (χ1n) is 7.99. The molecule has 25 heavy (non-hydrogen) atoms. The van der Waals surface area contributed by atoms with E-state index in [1.54, 1.807) is 19.1 Å². The normalized spacial score (nSPS) is 10.5. The van der Waals surface area contributed by atoms with Gasteiger partial charge in [-0.2, -0.15) is 4.98 Å². The van der Waals surface area contributed by atoms with Crippen LogP contribution in [-0.4, -0.2) is 28.2 Å². The minimum absolute atomic E-state index is 0.0231. The highest BCUT2D eigenvalue weighted by Crippen LogP contribution is 2.25. The van der Waals surface area contributed by atoms with Gasteiger partial charge in [0.05, 0.1) is 12.3 Å². The Morgan fingerprint density at radius 3 is 2.60 bits per heavy atom. The Balaban J connectivity index is 1.98. The van der Waals surface area contributed by atoms with Crippen LogP contribution in [0.5, 0.6) is 0 Å². The Bertz CT molecular complexity index is 855. The van der Waals surface area contributed by atoms with Crippen LogP contribution in [-0.2, 0) is 0 Å². The van der Waals surface area contributed by atoms with Gasteiger partial charge in [-0.25, -0.2) is 9.37 Å². The van der Waals surface area contributed by atoms with Crippen LogP contribution in [0.15, 0.2) is 54.6 Å². The molecule has 0 aliphatic heterocycles. The summed E-state index contributed by atoms with van der Waals surface area (Å²) in [7, 11) is 0. The van der Waals surface area contributed by atoms with E-state index in [0.717, 1.165) is 11.3 Å². The molecular formula is C19H19FN4O. The van der Waals surface area contributed by atoms with Gasteiger partial charge >= 0.3 is 0 Å². The highest BCUT2D eigenvalue weighted by molar-refractivity contribution is 5.68. The highest BCUT2D eigenvalue weighted by atomic mass is 19.1. The van der Waals surface area contributed by atoms with E-state index in [-0.39, 0.29) is 12.4 Å². The molecule has 6 heteroatoms. The summed E-state index contributed by atoms with van der Waals surface area (Å²) in [6.45, 7) is 2.03. The van der Waals surface area contributed by atoms with Crippen LogP contribution < -0.4 is 10.6 Å². The molecule has 0 amide bonds. The summed E-state index contributed by atoms with van der Waals surface area (Å²) in [6, 6.07) is 16.4. The van der Waals surface area contributed by atoms with Crippen molar-refractivity contribution < 1.29 is 9.50 Å². The largest absolute Gasteiger partial charge is 0.395 e. The lowest BCUT2D eigenvalue weighted by molar-refractivity contribution is 0.311. The fourth-order valence-electron chi connectivity index (χ4n) is 2.40. The Hall–Kier alpha value is -2.99. The van der Waals surface area contributed by atoms with Crippen molar-refractivity contribution in [3.8, 4) is 11.3 Å². The van der Waals surface area contributed by atoms with E-state index in [4.69, 9.17) is 5.11 Å². The lowest BCUT2D eigenvalue weighted by atomic mass is 10.1. The predicted octanol–water partition coefficient (Wildman–Crippen LogP) is 3.74. The van der Waals surface area contributed by atoms with Gasteiger partial charge in [-0.3, -0.25) is 0 Å². The van der Waals surface area contributed by atoms with Gasteiger partial charge in [0.15, 0.2) is 0 Å². The summed E-state index contributed by atoms with van der Waals surface area (Å²) in [5, 5.41) is 15.1. The third-order valence-corrected chi connectivity index (χ3v) is 3.72. The lowest BCUT2D eigenvalue weighted by Gasteiger charge is -2.13. The van der Waals surface area contributed by atoms with Gasteiger partial charge in [0, 0.05) is 29.4 Å². The van der Waals surface area contributed by atoms with Crippen molar-refractivity contribution in [3.63, 3.8) is 0 Å². The van der Waals surface area contributed by atoms with E-state index in [9.17, 15) is 4.39 Å². The van der Waals surface area contributed by atoms with Gasteiger partial charge in [-0.15, -0.1) is 0 Å². The summed E-state index contributed by atoms with van der Waals surface area (Å²) < 4.78 is 13.8. The van der Waals surface area contributed by atoms with Crippen LogP contribution in [0.4, 0.5) is 21.8 Å². The number of nitrogens with one attached hydrogen (secondary N) is 2. The van der Waals surface area contributed by atoms with Crippen molar-refractivity contribution in [1.29, 1.82) is 0 Å². The first-order chi connectivity index (χ1) is 12.2. The molecule has 3 rings (SSSR count). The first-order valence-corrected chi connectivity index (χ1v) is 7.99. The summed E-state index contributed by atoms with van der Waals surface area (Å²) in [4.78, 5) is 8.87. The van der Waals surface area contributed by atoms with Crippen molar-refractivity contribution in [3.05, 3.63) is 66.0 Å². The van der Waals surface area contributed by atoms with E-state index in [0.29, 0.717) is 29.6 Å². The number of aliphatic hydroxyl groups is 1. The van der Waals surface area contributed by atoms with E-state index in [2.05, 4.69) is 20.6 Å². The molecule has 3 N–H and O–H groups in total. The maximum Gasteiger partial charge on any atom is 0.225 e. The second-order valence-electron chi connectivity index (χ2n) is 5.52. The number of hydrogen-bond acceptors (Lipinski definition) is 5. The topological polar surface area (TPSA) is 70.1 Å². The molecular weight excluding hydrogens is 319 g/mol. The Morgan fingerprint density at radius 2 is 1.84 bits per heavy atom. The molecule has 0 saturated carbocycles. The fraction of sp³-hybridized carbons (Fsp3) is 0.158. The monoisotopic (exact) mass is 338 g/mol. The molecule has 0 spiro atoms. The lowest BCUT2D eigenvalue weighted by Crippen LogP contribution is -2.10. The molecule has 0 radical (unpaired) electrons. The molecule has 0 fully saturated rings. The fourth-order valence-corrected chi connectivity index (χ4v) is 2.40. The van der Waals surface area contributed by atoms with Crippen molar-refractivity contribution in [2.24, 2.45) is 0 Å². The van der Waals surface area contributed by atoms with Crippen molar-refractivity contribution >= 4 is 17.5 Å². The second-order valence-corrected chi connectivity index (χ2v) is 5.52. The average Bonchev–Trinajstić information content (AvgIpc) is 2.64. The third kappa shape index (κ3) is 4.10. The molecule has 128 valence electrons. The van der Waals surface area contributed by atoms with Crippen LogP contribution in [0, 0.1) is 12.7 Å². The van der Waals surface area contributed by atoms with Crippen LogP contribution in [0.2, 0.25) is 0 Å². The number of benzene rings is 2. The number of nitrogens with zero attached hydrogens (tertiary/aromatic N) is 2. The Kier molecular flexibility index (Phi) is 5.20. The summed E-state index contributed by atoms with van der Waals surface area (Å²) in [5.74, 6) is 0.663. The van der Waals surface area contributed by atoms with Gasteiger partial charge in [0.1, 0.15) is 11.6 Å². The molecule has 3 aromatic rings. The molecule has 0 aliphatic rings. The Labute approximate surface area is 145 Å². The minimum Gasteiger partial charge on any atom is -0.395 e. The molecule has 0 atom stereocenters. The minimum atomic E-state index is -0.277. The molecule has 5 nitrogen and oxygen atoms in total. The molecule has 1 aromatic heterocycles. The molecule has 0 saturated heterocycles. The summed E-state index contributed by atoms with van der Waals surface area (Å²) >= 11 is 0. The van der Waals surface area contributed by atoms with E-state index < -0.39 is 0 Å². The zero-order chi connectivity index (χ0) is 17.6. The van der Waals surface area contributed by atoms with E-state index in [1.165, 1.54) is 6.07 Å². The summed E-state index contributed by atoms with van der Waals surface area (Å²) in [5.41, 5.74) is 2.83. The van der Waals surface area contributed by atoms with Gasteiger partial charge in [-0.1, -0.05) is 36.4 Å². The zero-order valence-corrected chi connectivity index (χ0v) is 13.8. The van der Waals surface area contributed by atoms with Gasteiger partial charge in [-0.05, 0) is 19.1 Å². The van der Waals surface area contributed by atoms with Gasteiger partial charge < -0.3 is 15.7 Å². The molecule has 0 aliphatic carbocycles. The molecule has 1 heterocycles. The van der Waals surface area contributed by atoms with Crippen LogP contribution >= 0.6 is 0 Å². The van der Waals surface area contributed by atoms with Gasteiger partial charge in [0.25, 0.3) is 0 Å². The van der Waals surface area contributed by atoms with E-state index >= 15 is 0 Å². The number of aliphatic hydroxyl groups excluding tert-OH is 1. The number of halogens is 1. The van der Waals surface area contributed by atoms with Gasteiger partial charge in [0.2, 0.25) is 5.95 Å². The zero-order valence-electron chi connectivity index (χ0n) is 13.8. The standard InChI is InChI=1S/C19H19FN4O/c1-13-15(20)8-5-9-16(13)22-18-12-17(14-6-3-2-4-7-14)23-19(24-18)21-10-11-25/h2-9,12,25H,10-11H2,1H3,(H2,21,22,23,24). The van der Waals surface area contributed by atoms with Crippen LogP contribution in [0.3, 0.4) is 0 Å². The quantitative estimate of drug-likeness (QED) is 0.639. The van der Waals surface area contributed by atoms with Crippen molar-refractivity contribution in [2.75, 3.05) is 23.8 Å². The number of rotatable bonds is 6. The summed E-state index contributed by atoms with van der Waals surface area (Å²) in [6.07, 6.45) is 0. The smallest absolute Gasteiger partial charge is 0.225 e. The van der Waals surface area contributed by atoms with Crippen molar-refractivity contribution in [1.82, 2.24) is 9.97 Å². The van der Waals surface area contributed by atoms with Crippen molar-refractivity contribution in [2.45, 2.75) is 6.92 Å². The Morgan fingerprint density at radius 1 is 1.04 bits per heavy atom. The maximum absolute atomic E-state index is 13.8. The molecule has 2 aromatic carbocycles. The molecule has 0 bridgehead atoms.